The first-order chi connectivity index (χ1) is 12.6. The Balaban J connectivity index is 1.61. The summed E-state index contributed by atoms with van der Waals surface area (Å²) in [6.45, 7) is 2.58. The second kappa shape index (κ2) is 6.33. The Hall–Kier alpha value is -3.09. The molecule has 0 radical (unpaired) electrons. The molecule has 7 nitrogen and oxygen atoms in total. The van der Waals surface area contributed by atoms with Gasteiger partial charge in [0.05, 0.1) is 24.7 Å². The number of methoxy groups -OCH3 is 1. The van der Waals surface area contributed by atoms with Gasteiger partial charge in [-0.1, -0.05) is 12.1 Å². The van der Waals surface area contributed by atoms with Crippen LogP contribution in [0.5, 0.6) is 5.75 Å². The van der Waals surface area contributed by atoms with Crippen molar-refractivity contribution in [2.24, 2.45) is 7.05 Å². The number of imidazole rings is 1. The highest BCUT2D eigenvalue weighted by Gasteiger charge is 2.35. The summed E-state index contributed by atoms with van der Waals surface area (Å²) < 4.78 is 7.16. The molecule has 1 unspecified atom stereocenters. The van der Waals surface area contributed by atoms with E-state index in [0.29, 0.717) is 18.7 Å². The Labute approximate surface area is 151 Å². The first kappa shape index (κ1) is 16.4. The number of aryl methyl sites for hydroxylation is 2. The molecular formula is C19H21N5O2. The zero-order valence-corrected chi connectivity index (χ0v) is 15.1. The number of benzene rings is 1. The second-order valence-electron chi connectivity index (χ2n) is 6.58. The predicted molar refractivity (Wildman–Crippen MR) is 98.2 cm³/mol. The van der Waals surface area contributed by atoms with Gasteiger partial charge in [0.1, 0.15) is 11.6 Å². The minimum atomic E-state index is 0.0246. The summed E-state index contributed by atoms with van der Waals surface area (Å²) >= 11 is 0. The molecule has 1 saturated heterocycles. The monoisotopic (exact) mass is 351 g/mol. The Morgan fingerprint density at radius 1 is 1.31 bits per heavy atom. The minimum Gasteiger partial charge on any atom is -0.495 e. The van der Waals surface area contributed by atoms with E-state index >= 15 is 0 Å². The van der Waals surface area contributed by atoms with Crippen LogP contribution < -0.4 is 9.64 Å². The van der Waals surface area contributed by atoms with Crippen molar-refractivity contribution in [2.75, 3.05) is 18.6 Å². The Kier molecular flexibility index (Phi) is 3.99. The smallest absolute Gasteiger partial charge is 0.227 e. The number of nitrogens with zero attached hydrogens (tertiary/aromatic N) is 4. The van der Waals surface area contributed by atoms with Gasteiger partial charge in [0.2, 0.25) is 5.91 Å². The van der Waals surface area contributed by atoms with Crippen LogP contribution in [0, 0.1) is 6.92 Å². The number of amides is 1. The van der Waals surface area contributed by atoms with Gasteiger partial charge in [0, 0.05) is 43.4 Å². The minimum absolute atomic E-state index is 0.0246. The number of hydrogen-bond acceptors (Lipinski definition) is 4. The molecule has 2 aromatic heterocycles. The number of anilines is 1. The van der Waals surface area contributed by atoms with Crippen LogP contribution in [0.25, 0.3) is 11.3 Å². The van der Waals surface area contributed by atoms with Gasteiger partial charge in [-0.2, -0.15) is 5.10 Å². The Morgan fingerprint density at radius 3 is 2.85 bits per heavy atom. The van der Waals surface area contributed by atoms with Crippen LogP contribution in [0.2, 0.25) is 0 Å². The quantitative estimate of drug-likeness (QED) is 0.784. The fraction of sp³-hybridized carbons (Fsp3) is 0.316. The molecule has 3 heterocycles. The van der Waals surface area contributed by atoms with Crippen molar-refractivity contribution in [2.45, 2.75) is 19.3 Å². The Bertz CT molecular complexity index is 959. The maximum absolute atomic E-state index is 12.6. The standard InChI is InChI=1S/C19H21N5O2/c1-12-18(14-9-20-23(2)10-14)22-19(21-12)13-8-17(25)24(11-13)15-6-4-5-7-16(15)26-3/h4-7,9-10,13H,8,11H2,1-3H3,(H,21,22). The van der Waals surface area contributed by atoms with Crippen LogP contribution >= 0.6 is 0 Å². The summed E-state index contributed by atoms with van der Waals surface area (Å²) in [7, 11) is 3.50. The van der Waals surface area contributed by atoms with Crippen molar-refractivity contribution < 1.29 is 9.53 Å². The average Bonchev–Trinajstić information content (AvgIpc) is 3.33. The largest absolute Gasteiger partial charge is 0.495 e. The molecule has 1 amide bonds. The number of carbonyl (C=O) groups excluding carboxylic acids is 1. The fourth-order valence-electron chi connectivity index (χ4n) is 3.48. The van der Waals surface area contributed by atoms with E-state index in [1.54, 1.807) is 22.9 Å². The van der Waals surface area contributed by atoms with E-state index in [9.17, 15) is 4.79 Å². The highest BCUT2D eigenvalue weighted by atomic mass is 16.5. The number of para-hydroxylation sites is 2. The molecule has 1 aliphatic rings. The number of nitrogens with one attached hydrogen (secondary N) is 1. The van der Waals surface area contributed by atoms with E-state index < -0.39 is 0 Å². The van der Waals surface area contributed by atoms with E-state index in [0.717, 1.165) is 28.5 Å². The maximum Gasteiger partial charge on any atom is 0.227 e. The Morgan fingerprint density at radius 2 is 2.12 bits per heavy atom. The number of aromatic nitrogens is 4. The topological polar surface area (TPSA) is 76.0 Å². The molecule has 1 N–H and O–H groups in total. The molecule has 0 spiro atoms. The van der Waals surface area contributed by atoms with Crippen LogP contribution in [-0.2, 0) is 11.8 Å². The highest BCUT2D eigenvalue weighted by Crippen LogP contribution is 2.36. The van der Waals surface area contributed by atoms with Gasteiger partial charge in [-0.3, -0.25) is 9.48 Å². The van der Waals surface area contributed by atoms with E-state index in [1.807, 2.05) is 44.4 Å². The molecular weight excluding hydrogens is 330 g/mol. The lowest BCUT2D eigenvalue weighted by atomic mass is 10.1. The van der Waals surface area contributed by atoms with Gasteiger partial charge in [-0.05, 0) is 19.1 Å². The fourth-order valence-corrected chi connectivity index (χ4v) is 3.48. The lowest BCUT2D eigenvalue weighted by molar-refractivity contribution is -0.117. The number of ether oxygens (including phenoxy) is 1. The van der Waals surface area contributed by atoms with Gasteiger partial charge in [-0.15, -0.1) is 0 Å². The number of hydrogen-bond donors (Lipinski definition) is 1. The van der Waals surface area contributed by atoms with E-state index in [1.165, 1.54) is 0 Å². The summed E-state index contributed by atoms with van der Waals surface area (Å²) in [6.07, 6.45) is 4.17. The normalized spacial score (nSPS) is 17.1. The van der Waals surface area contributed by atoms with Crippen molar-refractivity contribution in [3.8, 4) is 17.0 Å². The molecule has 26 heavy (non-hydrogen) atoms. The van der Waals surface area contributed by atoms with Crippen LogP contribution in [0.4, 0.5) is 5.69 Å². The van der Waals surface area contributed by atoms with Crippen LogP contribution in [-0.4, -0.2) is 39.3 Å². The first-order valence-electron chi connectivity index (χ1n) is 8.55. The highest BCUT2D eigenvalue weighted by molar-refractivity contribution is 5.97. The number of aromatic amines is 1. The van der Waals surface area contributed by atoms with Crippen LogP contribution in [0.15, 0.2) is 36.7 Å². The first-order valence-corrected chi connectivity index (χ1v) is 8.55. The summed E-state index contributed by atoms with van der Waals surface area (Å²) in [6, 6.07) is 7.59. The molecule has 134 valence electrons. The molecule has 1 atom stereocenters. The molecule has 0 bridgehead atoms. The van der Waals surface area contributed by atoms with Crippen molar-refractivity contribution in [3.63, 3.8) is 0 Å². The molecule has 7 heteroatoms. The van der Waals surface area contributed by atoms with Crippen molar-refractivity contribution >= 4 is 11.6 Å². The molecule has 1 fully saturated rings. The number of H-pyrrole nitrogens is 1. The van der Waals surface area contributed by atoms with E-state index in [2.05, 4.69) is 10.1 Å². The summed E-state index contributed by atoms with van der Waals surface area (Å²) in [4.78, 5) is 22.5. The molecule has 0 saturated carbocycles. The van der Waals surface area contributed by atoms with Gasteiger partial charge in [0.15, 0.2) is 0 Å². The molecule has 0 aliphatic carbocycles. The zero-order valence-electron chi connectivity index (χ0n) is 15.1. The summed E-state index contributed by atoms with van der Waals surface area (Å²) in [5.74, 6) is 1.65. The molecule has 1 aliphatic heterocycles. The summed E-state index contributed by atoms with van der Waals surface area (Å²) in [5, 5.41) is 4.21. The molecule has 1 aromatic carbocycles. The lowest BCUT2D eigenvalue weighted by Crippen LogP contribution is -2.24. The number of rotatable bonds is 4. The lowest BCUT2D eigenvalue weighted by Gasteiger charge is -2.19. The molecule has 4 rings (SSSR count). The third kappa shape index (κ3) is 2.75. The number of carbonyl (C=O) groups is 1. The molecule has 3 aromatic rings. The third-order valence-electron chi connectivity index (χ3n) is 4.77. The second-order valence-corrected chi connectivity index (χ2v) is 6.58. The zero-order chi connectivity index (χ0) is 18.3. The average molecular weight is 351 g/mol. The van der Waals surface area contributed by atoms with Gasteiger partial charge in [0.25, 0.3) is 0 Å². The third-order valence-corrected chi connectivity index (χ3v) is 4.77. The van der Waals surface area contributed by atoms with E-state index in [4.69, 9.17) is 9.72 Å². The van der Waals surface area contributed by atoms with Crippen LogP contribution in [0.3, 0.4) is 0 Å². The van der Waals surface area contributed by atoms with Gasteiger partial charge >= 0.3 is 0 Å². The predicted octanol–water partition coefficient (Wildman–Crippen LogP) is 2.65. The van der Waals surface area contributed by atoms with Gasteiger partial charge in [-0.25, -0.2) is 4.98 Å². The van der Waals surface area contributed by atoms with Crippen molar-refractivity contribution in [1.82, 2.24) is 19.7 Å². The van der Waals surface area contributed by atoms with Crippen molar-refractivity contribution in [1.29, 1.82) is 0 Å². The summed E-state index contributed by atoms with van der Waals surface area (Å²) in [5.41, 5.74) is 3.64. The van der Waals surface area contributed by atoms with E-state index in [-0.39, 0.29) is 11.8 Å². The van der Waals surface area contributed by atoms with Crippen molar-refractivity contribution in [3.05, 3.63) is 48.2 Å². The SMILES string of the molecule is COc1ccccc1N1CC(c2nc(-c3cnn(C)c3)c(C)[nH]2)CC1=O. The maximum atomic E-state index is 12.6. The van der Waals surface area contributed by atoms with Gasteiger partial charge < -0.3 is 14.6 Å². The van der Waals surface area contributed by atoms with Crippen LogP contribution in [0.1, 0.15) is 23.9 Å².